The molecule has 4 aromatic rings. The second-order valence-electron chi connectivity index (χ2n) is 6.78. The first-order valence-corrected chi connectivity index (χ1v) is 9.56. The molecule has 0 spiro atoms. The minimum absolute atomic E-state index is 0.0533. The van der Waals surface area contributed by atoms with Crippen LogP contribution in [0.4, 0.5) is 14.9 Å². The average molecular weight is 425 g/mol. The van der Waals surface area contributed by atoms with E-state index in [4.69, 9.17) is 11.6 Å². The number of nitrogens with one attached hydrogen (secondary N) is 1. The molecule has 1 atom stereocenters. The molecule has 0 aliphatic heterocycles. The molecule has 0 fully saturated rings. The number of carbonyl (C=O) groups is 1. The molecule has 1 N–H and O–H groups in total. The van der Waals surface area contributed by atoms with Gasteiger partial charge in [-0.3, -0.25) is 0 Å². The topological polar surface area (TPSA) is 75.9 Å². The number of anilines is 1. The molecule has 4 rings (SSSR count). The Labute approximate surface area is 177 Å². The molecule has 2 amide bonds. The molecule has 2 aromatic carbocycles. The van der Waals surface area contributed by atoms with Gasteiger partial charge in [0, 0.05) is 29.9 Å². The zero-order valence-electron chi connectivity index (χ0n) is 16.3. The number of urea groups is 1. The predicted molar refractivity (Wildman–Crippen MR) is 113 cm³/mol. The second kappa shape index (κ2) is 8.08. The van der Waals surface area contributed by atoms with E-state index in [1.54, 1.807) is 35.2 Å². The van der Waals surface area contributed by atoms with Gasteiger partial charge < -0.3 is 10.2 Å². The Morgan fingerprint density at radius 1 is 1.23 bits per heavy atom. The molecule has 2 heterocycles. The van der Waals surface area contributed by atoms with Crippen LogP contribution in [0.2, 0.25) is 5.02 Å². The van der Waals surface area contributed by atoms with Crippen LogP contribution in [-0.2, 0) is 0 Å². The summed E-state index contributed by atoms with van der Waals surface area (Å²) in [5.41, 5.74) is 1.29. The SMILES string of the molecule is C[C@H](c1cnc(-n2ccnn2)c2ccccc12)N(C)C(=O)Nc1ccc(F)c(Cl)c1. The van der Waals surface area contributed by atoms with Crippen molar-refractivity contribution in [3.8, 4) is 5.82 Å². The summed E-state index contributed by atoms with van der Waals surface area (Å²) in [6.45, 7) is 1.91. The summed E-state index contributed by atoms with van der Waals surface area (Å²) >= 11 is 5.80. The lowest BCUT2D eigenvalue weighted by Gasteiger charge is -2.26. The normalized spacial score (nSPS) is 12.0. The molecule has 7 nitrogen and oxygen atoms in total. The van der Waals surface area contributed by atoms with Crippen molar-refractivity contribution in [2.45, 2.75) is 13.0 Å². The molecule has 0 aliphatic rings. The van der Waals surface area contributed by atoms with Gasteiger partial charge in [-0.2, -0.15) is 0 Å². The lowest BCUT2D eigenvalue weighted by Crippen LogP contribution is -2.33. The first-order valence-electron chi connectivity index (χ1n) is 9.19. The van der Waals surface area contributed by atoms with Gasteiger partial charge in [0.05, 0.1) is 23.5 Å². The van der Waals surface area contributed by atoms with Crippen LogP contribution in [0.15, 0.2) is 61.1 Å². The molecule has 0 bridgehead atoms. The summed E-state index contributed by atoms with van der Waals surface area (Å²) < 4.78 is 15.0. The van der Waals surface area contributed by atoms with E-state index < -0.39 is 5.82 Å². The van der Waals surface area contributed by atoms with Crippen LogP contribution in [-0.4, -0.2) is 38.0 Å². The smallest absolute Gasteiger partial charge is 0.321 e. The molecule has 0 saturated carbocycles. The van der Waals surface area contributed by atoms with Crippen LogP contribution in [0.25, 0.3) is 16.6 Å². The van der Waals surface area contributed by atoms with Gasteiger partial charge in [-0.25, -0.2) is 18.9 Å². The van der Waals surface area contributed by atoms with Crippen molar-refractivity contribution in [1.82, 2.24) is 24.9 Å². The van der Waals surface area contributed by atoms with Gasteiger partial charge in [0.15, 0.2) is 5.82 Å². The van der Waals surface area contributed by atoms with Crippen LogP contribution < -0.4 is 5.32 Å². The molecule has 30 heavy (non-hydrogen) atoms. The maximum atomic E-state index is 13.4. The van der Waals surface area contributed by atoms with E-state index in [0.29, 0.717) is 11.5 Å². The van der Waals surface area contributed by atoms with Gasteiger partial charge in [-0.15, -0.1) is 5.10 Å². The number of aromatic nitrogens is 4. The number of halogens is 2. The van der Waals surface area contributed by atoms with Crippen molar-refractivity contribution in [3.63, 3.8) is 0 Å². The standard InChI is InChI=1S/C21H18ClFN6O/c1-13(28(2)21(30)26-14-7-8-19(23)18(22)11-14)17-12-24-20(29-10-9-25-27-29)16-6-4-3-5-15(16)17/h3-13H,1-2H3,(H,26,30)/t13-/m1/s1. The van der Waals surface area contributed by atoms with Crippen molar-refractivity contribution >= 4 is 34.1 Å². The maximum Gasteiger partial charge on any atom is 0.322 e. The Morgan fingerprint density at radius 2 is 2.00 bits per heavy atom. The number of hydrogen-bond donors (Lipinski definition) is 1. The first-order chi connectivity index (χ1) is 14.5. The van der Waals surface area contributed by atoms with Crippen LogP contribution in [0, 0.1) is 5.82 Å². The lowest BCUT2D eigenvalue weighted by atomic mass is 10.0. The highest BCUT2D eigenvalue weighted by atomic mass is 35.5. The zero-order valence-corrected chi connectivity index (χ0v) is 17.0. The van der Waals surface area contributed by atoms with Gasteiger partial charge >= 0.3 is 6.03 Å². The number of hydrogen-bond acceptors (Lipinski definition) is 4. The molecule has 152 valence electrons. The van der Waals surface area contributed by atoms with E-state index >= 15 is 0 Å². The van der Waals surface area contributed by atoms with Crippen LogP contribution in [0.5, 0.6) is 0 Å². The van der Waals surface area contributed by atoms with E-state index in [2.05, 4.69) is 20.6 Å². The molecule has 2 aromatic heterocycles. The van der Waals surface area contributed by atoms with Gasteiger partial charge in [-0.05, 0) is 30.5 Å². The van der Waals surface area contributed by atoms with E-state index in [0.717, 1.165) is 16.3 Å². The van der Waals surface area contributed by atoms with Crippen LogP contribution in [0.1, 0.15) is 18.5 Å². The molecule has 0 saturated heterocycles. The average Bonchev–Trinajstić information content (AvgIpc) is 3.29. The lowest BCUT2D eigenvalue weighted by molar-refractivity contribution is 0.208. The Balaban J connectivity index is 1.64. The highest BCUT2D eigenvalue weighted by molar-refractivity contribution is 6.31. The molecule has 9 heteroatoms. The number of nitrogens with zero attached hydrogens (tertiary/aromatic N) is 5. The summed E-state index contributed by atoms with van der Waals surface area (Å²) in [5.74, 6) is 0.119. The molecular weight excluding hydrogens is 407 g/mol. The number of rotatable bonds is 4. The summed E-state index contributed by atoms with van der Waals surface area (Å²) in [6.07, 6.45) is 5.06. The Morgan fingerprint density at radius 3 is 2.70 bits per heavy atom. The fourth-order valence-corrected chi connectivity index (χ4v) is 3.39. The molecule has 0 radical (unpaired) electrons. The monoisotopic (exact) mass is 424 g/mol. The van der Waals surface area contributed by atoms with Crippen molar-refractivity contribution < 1.29 is 9.18 Å². The van der Waals surface area contributed by atoms with Gasteiger partial charge in [0.1, 0.15) is 5.82 Å². The quantitative estimate of drug-likeness (QED) is 0.509. The highest BCUT2D eigenvalue weighted by Crippen LogP contribution is 2.30. The van der Waals surface area contributed by atoms with Gasteiger partial charge in [0.25, 0.3) is 0 Å². The van der Waals surface area contributed by atoms with Crippen LogP contribution >= 0.6 is 11.6 Å². The third-order valence-corrected chi connectivity index (χ3v) is 5.26. The third-order valence-electron chi connectivity index (χ3n) is 4.97. The van der Waals surface area contributed by atoms with E-state index in [-0.39, 0.29) is 17.1 Å². The number of amides is 2. The fourth-order valence-electron chi connectivity index (χ4n) is 3.21. The van der Waals surface area contributed by atoms with Crippen molar-refractivity contribution in [2.24, 2.45) is 0 Å². The summed E-state index contributed by atoms with van der Waals surface area (Å²) in [6, 6.07) is 11.2. The van der Waals surface area contributed by atoms with Gasteiger partial charge in [-0.1, -0.05) is 41.1 Å². The molecule has 0 unspecified atom stereocenters. The maximum absolute atomic E-state index is 13.4. The minimum atomic E-state index is -0.540. The third kappa shape index (κ3) is 3.69. The predicted octanol–water partition coefficient (Wildman–Crippen LogP) is 4.83. The second-order valence-corrected chi connectivity index (χ2v) is 7.18. The van der Waals surface area contributed by atoms with Crippen molar-refractivity contribution in [3.05, 3.63) is 77.5 Å². The van der Waals surface area contributed by atoms with Crippen LogP contribution in [0.3, 0.4) is 0 Å². The van der Waals surface area contributed by atoms with Crippen molar-refractivity contribution in [2.75, 3.05) is 12.4 Å². The number of benzene rings is 2. The summed E-state index contributed by atoms with van der Waals surface area (Å²) in [5, 5.41) is 12.4. The van der Waals surface area contributed by atoms with E-state index in [1.165, 1.54) is 18.2 Å². The summed E-state index contributed by atoms with van der Waals surface area (Å²) in [7, 11) is 1.69. The van der Waals surface area contributed by atoms with Crippen molar-refractivity contribution in [1.29, 1.82) is 0 Å². The molecule has 0 aliphatic carbocycles. The van der Waals surface area contributed by atoms with E-state index in [1.807, 2.05) is 31.2 Å². The minimum Gasteiger partial charge on any atom is -0.321 e. The Kier molecular flexibility index (Phi) is 5.33. The summed E-state index contributed by atoms with van der Waals surface area (Å²) in [4.78, 5) is 18.9. The highest BCUT2D eigenvalue weighted by Gasteiger charge is 2.21. The fraction of sp³-hybridized carbons (Fsp3) is 0.143. The number of carbonyl (C=O) groups excluding carboxylic acids is 1. The Hall–Kier alpha value is -3.52. The first kappa shape index (κ1) is 19.8. The Bertz CT molecular complexity index is 1210. The largest absolute Gasteiger partial charge is 0.322 e. The number of fused-ring (bicyclic) bond motifs is 1. The molecular formula is C21H18ClFN6O. The van der Waals surface area contributed by atoms with Gasteiger partial charge in [0.2, 0.25) is 0 Å². The van der Waals surface area contributed by atoms with E-state index in [9.17, 15) is 9.18 Å². The number of pyridine rings is 1. The zero-order chi connectivity index (χ0) is 21.3.